The predicted octanol–water partition coefficient (Wildman–Crippen LogP) is 4.99. The monoisotopic (exact) mass is 427 g/mol. The number of aldehydes is 1. The highest BCUT2D eigenvalue weighted by Crippen LogP contribution is 2.37. The van der Waals surface area contributed by atoms with Crippen LogP contribution in [-0.2, 0) is 11.0 Å². The molecule has 0 saturated carbocycles. The first-order valence-electron chi connectivity index (χ1n) is 10.6. The molecule has 4 rings (SSSR count). The van der Waals surface area contributed by atoms with Gasteiger partial charge in [-0.3, -0.25) is 0 Å². The molecule has 2 aromatic carbocycles. The van der Waals surface area contributed by atoms with Crippen LogP contribution in [0.1, 0.15) is 41.9 Å². The predicted molar refractivity (Wildman–Crippen MR) is 113 cm³/mol. The van der Waals surface area contributed by atoms with E-state index in [-0.39, 0.29) is 17.4 Å². The summed E-state index contributed by atoms with van der Waals surface area (Å²) in [4.78, 5) is 15.2. The zero-order valence-electron chi connectivity index (χ0n) is 17.1. The molecule has 0 bridgehead atoms. The first-order valence-corrected chi connectivity index (χ1v) is 10.6. The van der Waals surface area contributed by atoms with Crippen LogP contribution in [-0.4, -0.2) is 32.5 Å². The van der Waals surface area contributed by atoms with Gasteiger partial charge >= 0.3 is 6.18 Å². The van der Waals surface area contributed by atoms with E-state index in [0.29, 0.717) is 18.8 Å². The van der Waals surface area contributed by atoms with Gasteiger partial charge in [0.2, 0.25) is 0 Å². The third-order valence-corrected chi connectivity index (χ3v) is 6.44. The third-order valence-electron chi connectivity index (χ3n) is 6.44. The second-order valence-corrected chi connectivity index (χ2v) is 8.32. The average molecular weight is 427 g/mol. The van der Waals surface area contributed by atoms with Crippen molar-refractivity contribution in [2.24, 2.45) is 5.92 Å². The molecule has 0 amide bonds. The number of alkyl halides is 3. The molecule has 1 unspecified atom stereocenters. The molecule has 2 saturated heterocycles. The summed E-state index contributed by atoms with van der Waals surface area (Å²) < 4.78 is 39.9. The van der Waals surface area contributed by atoms with E-state index in [1.165, 1.54) is 11.6 Å². The molecule has 2 aromatic rings. The Morgan fingerprint density at radius 2 is 1.58 bits per heavy atom. The summed E-state index contributed by atoms with van der Waals surface area (Å²) in [7, 11) is 0. The number of nitrogens with zero attached hydrogens (tertiary/aromatic N) is 3. The Kier molecular flexibility index (Phi) is 5.90. The summed E-state index contributed by atoms with van der Waals surface area (Å²) in [5.41, 5.74) is 1.60. The number of rotatable bonds is 4. The lowest BCUT2D eigenvalue weighted by Gasteiger charge is -2.31. The van der Waals surface area contributed by atoms with E-state index in [4.69, 9.17) is 5.26 Å². The molecular formula is C24H24F3N3O. The Bertz CT molecular complexity index is 973. The van der Waals surface area contributed by atoms with Crippen LogP contribution in [0.2, 0.25) is 0 Å². The van der Waals surface area contributed by atoms with Crippen molar-refractivity contribution < 1.29 is 18.0 Å². The summed E-state index contributed by atoms with van der Waals surface area (Å²) in [6.07, 6.45) is -0.861. The maximum atomic E-state index is 13.3. The van der Waals surface area contributed by atoms with Crippen LogP contribution in [0, 0.1) is 17.2 Å². The van der Waals surface area contributed by atoms with Gasteiger partial charge in [-0.2, -0.15) is 18.4 Å². The van der Waals surface area contributed by atoms with Gasteiger partial charge in [-0.1, -0.05) is 12.1 Å². The fraction of sp³-hybridized carbons (Fsp3) is 0.417. The molecule has 2 aliphatic heterocycles. The first kappa shape index (κ1) is 21.2. The number of anilines is 2. The van der Waals surface area contributed by atoms with Gasteiger partial charge in [-0.25, -0.2) is 0 Å². The van der Waals surface area contributed by atoms with E-state index in [9.17, 15) is 18.0 Å². The average Bonchev–Trinajstić information content (AvgIpc) is 3.28. The minimum Gasteiger partial charge on any atom is -0.371 e. The second-order valence-electron chi connectivity index (χ2n) is 8.32. The number of benzene rings is 2. The number of carbonyl (C=O) groups excluding carboxylic acids is 1. The van der Waals surface area contributed by atoms with E-state index in [1.807, 2.05) is 4.90 Å². The molecule has 162 valence electrons. The molecule has 0 aromatic heterocycles. The number of nitriles is 1. The van der Waals surface area contributed by atoms with Gasteiger partial charge in [0, 0.05) is 49.4 Å². The fourth-order valence-electron chi connectivity index (χ4n) is 4.58. The number of carbonyl (C=O) groups is 1. The van der Waals surface area contributed by atoms with E-state index in [2.05, 4.69) is 29.2 Å². The van der Waals surface area contributed by atoms with E-state index >= 15 is 0 Å². The Labute approximate surface area is 179 Å². The summed E-state index contributed by atoms with van der Waals surface area (Å²) in [6, 6.07) is 14.0. The topological polar surface area (TPSA) is 47.3 Å². The zero-order chi connectivity index (χ0) is 22.0. The van der Waals surface area contributed by atoms with Crippen LogP contribution < -0.4 is 9.80 Å². The Morgan fingerprint density at radius 1 is 0.935 bits per heavy atom. The SMILES string of the molecule is N#Cc1ccc(N2CCC(c3ccc(N4CCC(C=O)CC4)cc3)C2)cc1C(F)(F)F. The van der Waals surface area contributed by atoms with Crippen LogP contribution in [0.25, 0.3) is 0 Å². The van der Waals surface area contributed by atoms with Crippen molar-refractivity contribution in [2.75, 3.05) is 36.0 Å². The highest BCUT2D eigenvalue weighted by Gasteiger charge is 2.35. The summed E-state index contributed by atoms with van der Waals surface area (Å²) in [6.45, 7) is 3.07. The van der Waals surface area contributed by atoms with Crippen LogP contribution in [0.5, 0.6) is 0 Å². The van der Waals surface area contributed by atoms with Crippen molar-refractivity contribution in [3.05, 3.63) is 59.2 Å². The zero-order valence-corrected chi connectivity index (χ0v) is 17.1. The molecule has 2 fully saturated rings. The van der Waals surface area contributed by atoms with Gasteiger partial charge in [0.25, 0.3) is 0 Å². The van der Waals surface area contributed by atoms with Crippen molar-refractivity contribution in [1.82, 2.24) is 0 Å². The maximum Gasteiger partial charge on any atom is 0.417 e. The molecule has 1 atom stereocenters. The summed E-state index contributed by atoms with van der Waals surface area (Å²) >= 11 is 0. The molecule has 31 heavy (non-hydrogen) atoms. The molecule has 2 heterocycles. The molecule has 0 radical (unpaired) electrons. The third kappa shape index (κ3) is 4.53. The van der Waals surface area contributed by atoms with Crippen molar-refractivity contribution in [2.45, 2.75) is 31.4 Å². The molecule has 4 nitrogen and oxygen atoms in total. The summed E-state index contributed by atoms with van der Waals surface area (Å²) in [5, 5.41) is 8.99. The largest absolute Gasteiger partial charge is 0.417 e. The molecule has 0 aliphatic carbocycles. The summed E-state index contributed by atoms with van der Waals surface area (Å²) in [5.74, 6) is 0.417. The smallest absolute Gasteiger partial charge is 0.371 e. The van der Waals surface area contributed by atoms with Gasteiger partial charge in [-0.05, 0) is 55.2 Å². The first-order chi connectivity index (χ1) is 14.9. The molecular weight excluding hydrogens is 403 g/mol. The lowest BCUT2D eigenvalue weighted by Crippen LogP contribution is -2.34. The van der Waals surface area contributed by atoms with Crippen LogP contribution in [0.3, 0.4) is 0 Å². The number of halogens is 3. The maximum absolute atomic E-state index is 13.3. The van der Waals surface area contributed by atoms with Gasteiger partial charge in [0.1, 0.15) is 6.29 Å². The van der Waals surface area contributed by atoms with Crippen molar-refractivity contribution in [3.63, 3.8) is 0 Å². The standard InChI is InChI=1S/C24H24F3N3O/c25-24(26,27)23-13-22(6-3-19(23)14-28)30-12-9-20(15-30)18-1-4-21(5-2-18)29-10-7-17(16-31)8-11-29/h1-6,13,16-17,20H,7-12,15H2. The van der Waals surface area contributed by atoms with Crippen molar-refractivity contribution >= 4 is 17.7 Å². The van der Waals surface area contributed by atoms with Gasteiger partial charge in [-0.15, -0.1) is 0 Å². The minimum atomic E-state index is -4.55. The van der Waals surface area contributed by atoms with E-state index in [0.717, 1.165) is 50.4 Å². The molecule has 0 spiro atoms. The molecule has 7 heteroatoms. The van der Waals surface area contributed by atoms with Crippen LogP contribution in [0.4, 0.5) is 24.5 Å². The van der Waals surface area contributed by atoms with Crippen LogP contribution >= 0.6 is 0 Å². The highest BCUT2D eigenvalue weighted by molar-refractivity contribution is 5.57. The van der Waals surface area contributed by atoms with Gasteiger partial charge in [0.05, 0.1) is 17.2 Å². The van der Waals surface area contributed by atoms with Gasteiger partial charge < -0.3 is 14.6 Å². The molecule has 2 aliphatic rings. The van der Waals surface area contributed by atoms with Crippen molar-refractivity contribution in [1.29, 1.82) is 5.26 Å². The fourth-order valence-corrected chi connectivity index (χ4v) is 4.58. The van der Waals surface area contributed by atoms with Crippen molar-refractivity contribution in [3.8, 4) is 6.07 Å². The minimum absolute atomic E-state index is 0.167. The second kappa shape index (κ2) is 8.62. The van der Waals surface area contributed by atoms with E-state index < -0.39 is 11.7 Å². The Hall–Kier alpha value is -3.01. The Morgan fingerprint density at radius 3 is 2.19 bits per heavy atom. The van der Waals surface area contributed by atoms with E-state index in [1.54, 1.807) is 12.1 Å². The Balaban J connectivity index is 1.44. The van der Waals surface area contributed by atoms with Gasteiger partial charge in [0.15, 0.2) is 0 Å². The lowest BCUT2D eigenvalue weighted by molar-refractivity contribution is -0.137. The van der Waals surface area contributed by atoms with Crippen LogP contribution in [0.15, 0.2) is 42.5 Å². The number of hydrogen-bond acceptors (Lipinski definition) is 4. The molecule has 0 N–H and O–H groups in total. The lowest BCUT2D eigenvalue weighted by atomic mass is 9.96. The highest BCUT2D eigenvalue weighted by atomic mass is 19.4. The number of piperidine rings is 1. The number of hydrogen-bond donors (Lipinski definition) is 0. The quantitative estimate of drug-likeness (QED) is 0.646. The normalized spacial score (nSPS) is 20.0.